The number of fused-ring (bicyclic) bond motifs is 1. The number of hydrogen-bond donors (Lipinski definition) is 2. The van der Waals surface area contributed by atoms with Crippen LogP contribution in [0.15, 0.2) is 53.5 Å². The second-order valence-corrected chi connectivity index (χ2v) is 4.89. The molecule has 0 bridgehead atoms. The summed E-state index contributed by atoms with van der Waals surface area (Å²) in [6.45, 7) is 0. The molecule has 2 aromatic carbocycles. The molecule has 0 saturated carbocycles. The van der Waals surface area contributed by atoms with Crippen LogP contribution in [-0.2, 0) is 4.79 Å². The van der Waals surface area contributed by atoms with Gasteiger partial charge in [0.25, 0.3) is 5.91 Å². The molecule has 0 spiro atoms. The molecule has 0 aliphatic carbocycles. The maximum Gasteiger partial charge on any atom is 0.266 e. The van der Waals surface area contributed by atoms with E-state index in [1.807, 2.05) is 30.3 Å². The molecule has 1 atom stereocenters. The van der Waals surface area contributed by atoms with Gasteiger partial charge in [0, 0.05) is 18.2 Å². The van der Waals surface area contributed by atoms with E-state index in [0.29, 0.717) is 17.0 Å². The Bertz CT molecular complexity index is 726. The predicted molar refractivity (Wildman–Crippen MR) is 81.6 cm³/mol. The van der Waals surface area contributed by atoms with Gasteiger partial charge >= 0.3 is 0 Å². The number of benzodiazepines with no additional fused rings is 1. The molecule has 1 aliphatic heterocycles. The summed E-state index contributed by atoms with van der Waals surface area (Å²) in [6, 6.07) is 14.3. The molecule has 0 fully saturated rings. The van der Waals surface area contributed by atoms with Gasteiger partial charge in [0.05, 0.1) is 11.4 Å². The highest BCUT2D eigenvalue weighted by molar-refractivity contribution is 6.20. The van der Waals surface area contributed by atoms with Crippen molar-refractivity contribution in [1.82, 2.24) is 0 Å². The van der Waals surface area contributed by atoms with Crippen LogP contribution < -0.4 is 10.6 Å². The third-order valence-corrected chi connectivity index (χ3v) is 3.50. The van der Waals surface area contributed by atoms with Gasteiger partial charge in [-0.2, -0.15) is 0 Å². The number of carbonyl (C=O) groups is 1. The number of amides is 1. The Morgan fingerprint density at radius 2 is 1.90 bits per heavy atom. The summed E-state index contributed by atoms with van der Waals surface area (Å²) in [5, 5.41) is 9.77. The van der Waals surface area contributed by atoms with Crippen molar-refractivity contribution in [3.63, 3.8) is 0 Å². The number of aromatic hydroxyl groups is 1. The zero-order valence-corrected chi connectivity index (χ0v) is 11.5. The smallest absolute Gasteiger partial charge is 0.266 e. The zero-order chi connectivity index (χ0) is 15.0. The van der Waals surface area contributed by atoms with E-state index >= 15 is 0 Å². The van der Waals surface area contributed by atoms with Crippen LogP contribution in [0, 0.1) is 0 Å². The van der Waals surface area contributed by atoms with Crippen molar-refractivity contribution in [2.24, 2.45) is 10.7 Å². The molecule has 1 heterocycles. The Morgan fingerprint density at radius 3 is 2.62 bits per heavy atom. The van der Waals surface area contributed by atoms with Crippen molar-refractivity contribution >= 4 is 17.3 Å². The number of phenolic OH excluding ortho intramolecular Hbond substituents is 1. The highest BCUT2D eigenvalue weighted by Crippen LogP contribution is 2.29. The van der Waals surface area contributed by atoms with Crippen LogP contribution in [0.3, 0.4) is 0 Å². The predicted octanol–water partition coefficient (Wildman–Crippen LogP) is 1.49. The average molecular weight is 281 g/mol. The average Bonchev–Trinajstić information content (AvgIpc) is 2.59. The van der Waals surface area contributed by atoms with Crippen molar-refractivity contribution in [1.29, 1.82) is 0 Å². The summed E-state index contributed by atoms with van der Waals surface area (Å²) in [6.07, 6.45) is -0.959. The highest BCUT2D eigenvalue weighted by Gasteiger charge is 2.27. The third-order valence-electron chi connectivity index (χ3n) is 3.50. The minimum Gasteiger partial charge on any atom is -0.508 e. The molecular weight excluding hydrogens is 266 g/mol. The van der Waals surface area contributed by atoms with Gasteiger partial charge in [-0.25, -0.2) is 0 Å². The molecule has 0 saturated heterocycles. The number of carbonyl (C=O) groups excluding carboxylic acids is 1. The van der Waals surface area contributed by atoms with E-state index in [2.05, 4.69) is 4.99 Å². The van der Waals surface area contributed by atoms with Gasteiger partial charge in [-0.3, -0.25) is 9.79 Å². The normalized spacial score (nSPS) is 18.0. The van der Waals surface area contributed by atoms with Crippen LogP contribution in [0.5, 0.6) is 5.75 Å². The van der Waals surface area contributed by atoms with Crippen molar-refractivity contribution in [3.05, 3.63) is 59.7 Å². The van der Waals surface area contributed by atoms with Gasteiger partial charge in [-0.15, -0.1) is 0 Å². The number of rotatable bonds is 1. The lowest BCUT2D eigenvalue weighted by molar-refractivity contribution is -0.119. The van der Waals surface area contributed by atoms with Crippen LogP contribution in [0.2, 0.25) is 0 Å². The third kappa shape index (κ3) is 2.28. The van der Waals surface area contributed by atoms with Crippen LogP contribution in [0.4, 0.5) is 5.69 Å². The van der Waals surface area contributed by atoms with E-state index < -0.39 is 6.17 Å². The summed E-state index contributed by atoms with van der Waals surface area (Å²) in [7, 11) is 1.65. The van der Waals surface area contributed by atoms with E-state index in [4.69, 9.17) is 5.73 Å². The van der Waals surface area contributed by atoms with Crippen LogP contribution in [0.25, 0.3) is 0 Å². The molecule has 21 heavy (non-hydrogen) atoms. The van der Waals surface area contributed by atoms with Crippen molar-refractivity contribution in [3.8, 4) is 5.75 Å². The highest BCUT2D eigenvalue weighted by atomic mass is 16.3. The van der Waals surface area contributed by atoms with Gasteiger partial charge in [0.1, 0.15) is 5.75 Å². The lowest BCUT2D eigenvalue weighted by atomic mass is 10.00. The first-order chi connectivity index (χ1) is 10.1. The number of hydrogen-bond acceptors (Lipinski definition) is 4. The molecule has 106 valence electrons. The second-order valence-electron chi connectivity index (χ2n) is 4.89. The molecule has 1 amide bonds. The molecule has 1 unspecified atom stereocenters. The number of anilines is 1. The Morgan fingerprint density at radius 1 is 1.19 bits per heavy atom. The second kappa shape index (κ2) is 5.03. The molecule has 5 nitrogen and oxygen atoms in total. The number of nitrogens with zero attached hydrogens (tertiary/aromatic N) is 2. The largest absolute Gasteiger partial charge is 0.508 e. The number of benzene rings is 2. The Hall–Kier alpha value is -2.66. The summed E-state index contributed by atoms with van der Waals surface area (Å²) in [4.78, 5) is 18.0. The minimum atomic E-state index is -0.959. The van der Waals surface area contributed by atoms with Crippen LogP contribution in [0.1, 0.15) is 11.1 Å². The quantitative estimate of drug-likeness (QED) is 0.831. The number of likely N-dealkylation sites (N-methyl/N-ethyl adjacent to an activating group) is 1. The van der Waals surface area contributed by atoms with E-state index in [-0.39, 0.29) is 11.7 Å². The van der Waals surface area contributed by atoms with Crippen LogP contribution in [-0.4, -0.2) is 29.9 Å². The summed E-state index contributed by atoms with van der Waals surface area (Å²) >= 11 is 0. The van der Waals surface area contributed by atoms with Gasteiger partial charge in [-0.1, -0.05) is 30.3 Å². The monoisotopic (exact) mass is 281 g/mol. The lowest BCUT2D eigenvalue weighted by Gasteiger charge is -2.19. The number of phenols is 1. The first-order valence-electron chi connectivity index (χ1n) is 6.57. The fraction of sp³-hybridized carbons (Fsp3) is 0.125. The summed E-state index contributed by atoms with van der Waals surface area (Å²) < 4.78 is 0. The molecule has 5 heteroatoms. The van der Waals surface area contributed by atoms with E-state index in [9.17, 15) is 9.90 Å². The maximum atomic E-state index is 12.2. The topological polar surface area (TPSA) is 78.9 Å². The Labute approximate surface area is 122 Å². The first-order valence-corrected chi connectivity index (χ1v) is 6.57. The van der Waals surface area contributed by atoms with E-state index in [0.717, 1.165) is 5.56 Å². The van der Waals surface area contributed by atoms with Gasteiger partial charge in [-0.05, 0) is 18.2 Å². The van der Waals surface area contributed by atoms with Gasteiger partial charge in [0.2, 0.25) is 0 Å². The standard InChI is InChI=1S/C16H15N3O2/c1-19-13-8-7-11(20)9-12(13)14(18-15(17)16(19)21)10-5-3-2-4-6-10/h2-9,15,20H,17H2,1H3. The first kappa shape index (κ1) is 13.3. The fourth-order valence-corrected chi connectivity index (χ4v) is 2.41. The van der Waals surface area contributed by atoms with E-state index in [1.165, 1.54) is 4.90 Å². The zero-order valence-electron chi connectivity index (χ0n) is 11.5. The molecule has 2 aromatic rings. The summed E-state index contributed by atoms with van der Waals surface area (Å²) in [5.74, 6) is -0.165. The fourth-order valence-electron chi connectivity index (χ4n) is 2.41. The molecule has 0 radical (unpaired) electrons. The van der Waals surface area contributed by atoms with Crippen molar-refractivity contribution < 1.29 is 9.90 Å². The Balaban J connectivity index is 2.27. The molecular formula is C16H15N3O2. The SMILES string of the molecule is CN1C(=O)C(N)N=C(c2ccccc2)c2cc(O)ccc21. The van der Waals surface area contributed by atoms with Crippen molar-refractivity contribution in [2.45, 2.75) is 6.17 Å². The summed E-state index contributed by atoms with van der Waals surface area (Å²) in [5.41, 5.74) is 8.69. The molecule has 1 aliphatic rings. The molecule has 3 N–H and O–H groups in total. The number of nitrogens with two attached hydrogens (primary N) is 1. The number of aliphatic imine (C=N–C) groups is 1. The van der Waals surface area contributed by atoms with E-state index in [1.54, 1.807) is 25.2 Å². The molecule has 3 rings (SSSR count). The maximum absolute atomic E-state index is 12.2. The lowest BCUT2D eigenvalue weighted by Crippen LogP contribution is -2.39. The molecule has 0 aromatic heterocycles. The van der Waals surface area contributed by atoms with Gasteiger partial charge in [0.15, 0.2) is 6.17 Å². The van der Waals surface area contributed by atoms with Crippen LogP contribution >= 0.6 is 0 Å². The Kier molecular flexibility index (Phi) is 3.19. The minimum absolute atomic E-state index is 0.119. The van der Waals surface area contributed by atoms with Gasteiger partial charge < -0.3 is 15.7 Å². The van der Waals surface area contributed by atoms with Crippen molar-refractivity contribution in [2.75, 3.05) is 11.9 Å².